The fourth-order valence-corrected chi connectivity index (χ4v) is 1.00. The summed E-state index contributed by atoms with van der Waals surface area (Å²) >= 11 is 4.70. The van der Waals surface area contributed by atoms with E-state index in [1.807, 2.05) is 30.3 Å². The quantitative estimate of drug-likeness (QED) is 0.481. The highest BCUT2D eigenvalue weighted by atomic mass is 32.1. The second-order valence-corrected chi connectivity index (χ2v) is 2.30. The third kappa shape index (κ3) is 1.88. The highest BCUT2D eigenvalue weighted by molar-refractivity contribution is 7.79. The summed E-state index contributed by atoms with van der Waals surface area (Å²) in [6.45, 7) is 0. The van der Waals surface area contributed by atoms with Gasteiger partial charge in [-0.2, -0.15) is 5.73 Å². The van der Waals surface area contributed by atoms with Crippen molar-refractivity contribution in [1.29, 1.82) is 0 Å². The maximum absolute atomic E-state index is 8.72. The summed E-state index contributed by atoms with van der Waals surface area (Å²) in [5.41, 5.74) is 10.3. The SMILES string of the molecule is [N]/C=C(\C=S)c1ccccc1. The van der Waals surface area contributed by atoms with Crippen LogP contribution in [0, 0.1) is 0 Å². The van der Waals surface area contributed by atoms with Gasteiger partial charge in [0.2, 0.25) is 0 Å². The van der Waals surface area contributed by atoms with Crippen LogP contribution in [0.4, 0.5) is 0 Å². The smallest absolute Gasteiger partial charge is 0.0582 e. The molecule has 0 fully saturated rings. The van der Waals surface area contributed by atoms with Crippen molar-refractivity contribution >= 4 is 23.2 Å². The predicted octanol–water partition coefficient (Wildman–Crippen LogP) is 2.10. The molecule has 0 unspecified atom stereocenters. The van der Waals surface area contributed by atoms with Crippen molar-refractivity contribution in [3.8, 4) is 0 Å². The minimum Gasteiger partial charge on any atom is -0.158 e. The Balaban J connectivity index is 3.01. The second kappa shape index (κ2) is 3.88. The van der Waals surface area contributed by atoms with Crippen molar-refractivity contribution in [3.63, 3.8) is 0 Å². The Hall–Kier alpha value is -1.15. The lowest BCUT2D eigenvalue weighted by atomic mass is 10.1. The zero-order valence-corrected chi connectivity index (χ0v) is 6.71. The monoisotopic (exact) mass is 161 g/mol. The standard InChI is InChI=1S/C9H7NS/c10-6-9(7-11)8-4-2-1-3-5-8/h1-7H/b9-6+. The van der Waals surface area contributed by atoms with Gasteiger partial charge in [-0.1, -0.05) is 42.5 Å². The van der Waals surface area contributed by atoms with Gasteiger partial charge in [-0.05, 0) is 5.56 Å². The van der Waals surface area contributed by atoms with E-state index >= 15 is 0 Å². The zero-order chi connectivity index (χ0) is 8.10. The van der Waals surface area contributed by atoms with Crippen LogP contribution in [0.1, 0.15) is 5.56 Å². The van der Waals surface area contributed by atoms with Crippen LogP contribution in [0.5, 0.6) is 0 Å². The lowest BCUT2D eigenvalue weighted by Gasteiger charge is -1.96. The summed E-state index contributed by atoms with van der Waals surface area (Å²) in [5.74, 6) is 0. The van der Waals surface area contributed by atoms with E-state index in [9.17, 15) is 0 Å². The average molecular weight is 161 g/mol. The Kier molecular flexibility index (Phi) is 2.81. The van der Waals surface area contributed by atoms with Crippen LogP contribution >= 0.6 is 12.2 Å². The minimum absolute atomic E-state index is 0.667. The van der Waals surface area contributed by atoms with Gasteiger partial charge in [0.15, 0.2) is 0 Å². The van der Waals surface area contributed by atoms with E-state index in [0.29, 0.717) is 5.57 Å². The number of allylic oxidation sites excluding steroid dienone is 1. The fourth-order valence-electron chi connectivity index (χ4n) is 0.804. The van der Waals surface area contributed by atoms with Crippen LogP contribution in [0.2, 0.25) is 0 Å². The van der Waals surface area contributed by atoms with E-state index in [2.05, 4.69) is 0 Å². The Bertz CT molecular complexity index is 264. The van der Waals surface area contributed by atoms with Gasteiger partial charge in [0.05, 0.1) is 6.20 Å². The molecule has 0 saturated heterocycles. The first-order valence-electron chi connectivity index (χ1n) is 3.23. The van der Waals surface area contributed by atoms with E-state index in [-0.39, 0.29) is 0 Å². The van der Waals surface area contributed by atoms with Crippen molar-refractivity contribution in [3.05, 3.63) is 42.1 Å². The van der Waals surface area contributed by atoms with E-state index in [0.717, 1.165) is 11.8 Å². The Morgan fingerprint density at radius 1 is 1.27 bits per heavy atom. The Morgan fingerprint density at radius 2 is 1.91 bits per heavy atom. The normalized spacial score (nSPS) is 11.1. The lowest BCUT2D eigenvalue weighted by molar-refractivity contribution is 1.52. The van der Waals surface area contributed by atoms with Crippen molar-refractivity contribution in [2.45, 2.75) is 0 Å². The molecule has 0 heterocycles. The number of nitrogens with zero attached hydrogens (tertiary/aromatic N) is 1. The number of benzene rings is 1. The predicted molar refractivity (Wildman–Crippen MR) is 50.2 cm³/mol. The molecule has 0 N–H and O–H groups in total. The van der Waals surface area contributed by atoms with E-state index in [4.69, 9.17) is 18.0 Å². The number of hydrogen-bond donors (Lipinski definition) is 0. The molecule has 0 amide bonds. The molecule has 0 bridgehead atoms. The second-order valence-electron chi connectivity index (χ2n) is 2.07. The van der Waals surface area contributed by atoms with Gasteiger partial charge in [0, 0.05) is 10.9 Å². The molecular formula is C9H7NS. The van der Waals surface area contributed by atoms with Crippen molar-refractivity contribution < 1.29 is 0 Å². The van der Waals surface area contributed by atoms with Crippen molar-refractivity contribution in [2.24, 2.45) is 0 Å². The maximum atomic E-state index is 8.72. The summed E-state index contributed by atoms with van der Waals surface area (Å²) in [4.78, 5) is 0. The topological polar surface area (TPSA) is 22.3 Å². The van der Waals surface area contributed by atoms with Gasteiger partial charge < -0.3 is 0 Å². The first-order chi connectivity index (χ1) is 5.38. The molecule has 1 nitrogen and oxygen atoms in total. The van der Waals surface area contributed by atoms with Crippen LogP contribution in [-0.4, -0.2) is 5.37 Å². The summed E-state index contributed by atoms with van der Waals surface area (Å²) in [6, 6.07) is 9.51. The molecule has 0 spiro atoms. The summed E-state index contributed by atoms with van der Waals surface area (Å²) in [5, 5.41) is 1.45. The first-order valence-corrected chi connectivity index (χ1v) is 3.70. The van der Waals surface area contributed by atoms with Crippen LogP contribution < -0.4 is 5.73 Å². The summed E-state index contributed by atoms with van der Waals surface area (Å²) < 4.78 is 0. The van der Waals surface area contributed by atoms with Gasteiger partial charge in [0.1, 0.15) is 0 Å². The highest BCUT2D eigenvalue weighted by Crippen LogP contribution is 2.09. The molecule has 54 valence electrons. The van der Waals surface area contributed by atoms with Crippen LogP contribution in [0.25, 0.3) is 5.57 Å². The summed E-state index contributed by atoms with van der Waals surface area (Å²) in [6.07, 6.45) is 1.02. The maximum Gasteiger partial charge on any atom is 0.0582 e. The molecule has 2 heteroatoms. The van der Waals surface area contributed by atoms with Gasteiger partial charge in [-0.25, -0.2) is 0 Å². The minimum atomic E-state index is 0.667. The fraction of sp³-hybridized carbons (Fsp3) is 0. The number of hydrogen-bond acceptors (Lipinski definition) is 1. The van der Waals surface area contributed by atoms with Gasteiger partial charge in [0.25, 0.3) is 0 Å². The average Bonchev–Trinajstić information content (AvgIpc) is 2.09. The highest BCUT2D eigenvalue weighted by Gasteiger charge is 1.93. The third-order valence-corrected chi connectivity index (χ3v) is 1.63. The first kappa shape index (κ1) is 7.95. The van der Waals surface area contributed by atoms with E-state index < -0.39 is 0 Å². The molecule has 0 aliphatic heterocycles. The van der Waals surface area contributed by atoms with Crippen molar-refractivity contribution in [2.75, 3.05) is 0 Å². The van der Waals surface area contributed by atoms with Crippen molar-refractivity contribution in [1.82, 2.24) is 5.73 Å². The molecule has 0 aliphatic rings. The largest absolute Gasteiger partial charge is 0.158 e. The Morgan fingerprint density at radius 3 is 2.36 bits per heavy atom. The van der Waals surface area contributed by atoms with Crippen LogP contribution in [0.3, 0.4) is 0 Å². The molecule has 1 aromatic carbocycles. The van der Waals surface area contributed by atoms with E-state index in [1.54, 1.807) is 0 Å². The third-order valence-electron chi connectivity index (χ3n) is 1.37. The molecule has 0 aliphatic carbocycles. The number of rotatable bonds is 2. The molecule has 1 rings (SSSR count). The molecule has 1 aromatic rings. The Labute approximate surface area is 71.5 Å². The van der Waals surface area contributed by atoms with Gasteiger partial charge in [-0.3, -0.25) is 0 Å². The molecular weight excluding hydrogens is 154 g/mol. The molecule has 11 heavy (non-hydrogen) atoms. The molecule has 2 radical (unpaired) electrons. The molecule has 0 aromatic heterocycles. The lowest BCUT2D eigenvalue weighted by Crippen LogP contribution is -1.83. The van der Waals surface area contributed by atoms with E-state index in [1.165, 1.54) is 5.37 Å². The van der Waals surface area contributed by atoms with Crippen LogP contribution in [0.15, 0.2) is 36.5 Å². The van der Waals surface area contributed by atoms with Gasteiger partial charge in [-0.15, -0.1) is 0 Å². The molecule has 0 atom stereocenters. The summed E-state index contributed by atoms with van der Waals surface area (Å²) in [7, 11) is 0. The zero-order valence-electron chi connectivity index (χ0n) is 5.90. The molecule has 0 saturated carbocycles. The van der Waals surface area contributed by atoms with Gasteiger partial charge >= 0.3 is 0 Å². The van der Waals surface area contributed by atoms with Crippen LogP contribution in [-0.2, 0) is 0 Å². The number of thiocarbonyl (C=S) groups is 1.